The van der Waals surface area contributed by atoms with E-state index in [1.807, 2.05) is 6.92 Å². The quantitative estimate of drug-likeness (QED) is 0.838. The van der Waals surface area contributed by atoms with Crippen LogP contribution < -0.4 is 4.72 Å². The minimum atomic E-state index is -3.60. The van der Waals surface area contributed by atoms with Gasteiger partial charge in [-0.3, -0.25) is 0 Å². The van der Waals surface area contributed by atoms with Gasteiger partial charge in [0.25, 0.3) is 0 Å². The third-order valence-electron chi connectivity index (χ3n) is 4.16. The van der Waals surface area contributed by atoms with Crippen LogP contribution in [-0.4, -0.2) is 18.9 Å². The molecule has 0 radical (unpaired) electrons. The van der Waals surface area contributed by atoms with E-state index in [0.29, 0.717) is 15.8 Å². The van der Waals surface area contributed by atoms with E-state index in [9.17, 15) is 8.42 Å². The van der Waals surface area contributed by atoms with Crippen LogP contribution in [0.2, 0.25) is 10.2 Å². The Hall–Kier alpha value is -0.880. The molecule has 1 fully saturated rings. The molecule has 1 N–H and O–H groups in total. The number of aromatic nitrogens is 1. The predicted octanol–water partition coefficient (Wildman–Crippen LogP) is 4.15. The van der Waals surface area contributed by atoms with Crippen LogP contribution in [0.4, 0.5) is 0 Å². The lowest BCUT2D eigenvalue weighted by atomic mass is 10.0. The topological polar surface area (TPSA) is 59.1 Å². The number of benzene rings is 1. The van der Waals surface area contributed by atoms with Gasteiger partial charge in [0, 0.05) is 22.5 Å². The first-order valence-corrected chi connectivity index (χ1v) is 9.32. The smallest absolute Gasteiger partial charge is 0.241 e. The number of halogens is 2. The molecule has 1 aromatic heterocycles. The molecule has 7 heteroatoms. The van der Waals surface area contributed by atoms with Gasteiger partial charge >= 0.3 is 0 Å². The Kier molecular flexibility index (Phi) is 4.10. The van der Waals surface area contributed by atoms with Crippen molar-refractivity contribution in [3.63, 3.8) is 0 Å². The van der Waals surface area contributed by atoms with Gasteiger partial charge in [0.05, 0.1) is 9.92 Å². The van der Waals surface area contributed by atoms with E-state index in [2.05, 4.69) is 9.71 Å². The zero-order valence-corrected chi connectivity index (χ0v) is 14.4. The molecule has 2 aromatic rings. The average molecular weight is 359 g/mol. The highest BCUT2D eigenvalue weighted by molar-refractivity contribution is 7.89. The highest BCUT2D eigenvalue weighted by Gasteiger charge is 2.33. The number of nitrogens with one attached hydrogen (secondary N) is 1. The van der Waals surface area contributed by atoms with Crippen molar-refractivity contribution in [3.8, 4) is 0 Å². The Bertz CT molecular complexity index is 831. The van der Waals surface area contributed by atoms with Gasteiger partial charge in [0.1, 0.15) is 5.15 Å². The molecule has 0 spiro atoms. The minimum absolute atomic E-state index is 0.180. The lowest BCUT2D eigenvalue weighted by molar-refractivity contribution is 0.427. The second-order valence-corrected chi connectivity index (χ2v) is 8.43. The molecular formula is C15H16Cl2N2O2S. The molecule has 3 rings (SSSR count). The molecule has 1 aromatic carbocycles. The third kappa shape index (κ3) is 2.95. The van der Waals surface area contributed by atoms with E-state index in [0.717, 1.165) is 25.7 Å². The van der Waals surface area contributed by atoms with Crippen LogP contribution in [0.5, 0.6) is 0 Å². The highest BCUT2D eigenvalue weighted by Crippen LogP contribution is 2.33. The van der Waals surface area contributed by atoms with Crippen molar-refractivity contribution in [2.75, 3.05) is 0 Å². The van der Waals surface area contributed by atoms with Crippen LogP contribution >= 0.6 is 23.2 Å². The molecule has 22 heavy (non-hydrogen) atoms. The Labute approximate surface area is 139 Å². The van der Waals surface area contributed by atoms with E-state index in [-0.39, 0.29) is 15.6 Å². The van der Waals surface area contributed by atoms with Crippen molar-refractivity contribution in [2.24, 2.45) is 0 Å². The SMILES string of the molecule is CC1(NS(=O)(=O)c2ccc3c(Cl)cnc(Cl)c3c2)CCCC1. The van der Waals surface area contributed by atoms with Crippen molar-refractivity contribution in [1.29, 1.82) is 0 Å². The maximum atomic E-state index is 12.6. The molecule has 0 amide bonds. The van der Waals surface area contributed by atoms with Gasteiger partial charge in [-0.2, -0.15) is 0 Å². The van der Waals surface area contributed by atoms with Crippen LogP contribution in [0.25, 0.3) is 10.8 Å². The maximum Gasteiger partial charge on any atom is 0.241 e. The Morgan fingerprint density at radius 3 is 2.55 bits per heavy atom. The van der Waals surface area contributed by atoms with Gasteiger partial charge in [0.15, 0.2) is 0 Å². The molecular weight excluding hydrogens is 343 g/mol. The van der Waals surface area contributed by atoms with E-state index >= 15 is 0 Å². The van der Waals surface area contributed by atoms with Crippen LogP contribution in [0.15, 0.2) is 29.3 Å². The first-order valence-electron chi connectivity index (χ1n) is 7.09. The number of rotatable bonds is 3. The summed E-state index contributed by atoms with van der Waals surface area (Å²) in [5.41, 5.74) is -0.371. The number of hydrogen-bond acceptors (Lipinski definition) is 3. The van der Waals surface area contributed by atoms with Crippen molar-refractivity contribution < 1.29 is 8.42 Å². The van der Waals surface area contributed by atoms with Gasteiger partial charge in [-0.25, -0.2) is 18.1 Å². The monoisotopic (exact) mass is 358 g/mol. The van der Waals surface area contributed by atoms with Crippen molar-refractivity contribution in [2.45, 2.75) is 43.0 Å². The summed E-state index contributed by atoms with van der Waals surface area (Å²) in [6.45, 7) is 1.95. The summed E-state index contributed by atoms with van der Waals surface area (Å²) in [6.07, 6.45) is 5.25. The van der Waals surface area contributed by atoms with Crippen LogP contribution in [0.1, 0.15) is 32.6 Å². The maximum absolute atomic E-state index is 12.6. The molecule has 0 saturated heterocycles. The number of sulfonamides is 1. The molecule has 1 aliphatic carbocycles. The van der Waals surface area contributed by atoms with E-state index in [1.54, 1.807) is 12.1 Å². The highest BCUT2D eigenvalue weighted by atomic mass is 35.5. The normalized spacial score (nSPS) is 18.0. The van der Waals surface area contributed by atoms with E-state index < -0.39 is 10.0 Å². The summed E-state index contributed by atoms with van der Waals surface area (Å²) in [4.78, 5) is 4.14. The summed E-state index contributed by atoms with van der Waals surface area (Å²) >= 11 is 12.1. The first-order chi connectivity index (χ1) is 10.3. The standard InChI is InChI=1S/C15H16Cl2N2O2S/c1-15(6-2-3-7-15)19-22(20,21)10-4-5-11-12(8-10)14(17)18-9-13(11)16/h4-5,8-9,19H,2-3,6-7H2,1H3. The molecule has 4 nitrogen and oxygen atoms in total. The zero-order valence-electron chi connectivity index (χ0n) is 12.1. The van der Waals surface area contributed by atoms with Crippen LogP contribution in [-0.2, 0) is 10.0 Å². The molecule has 118 valence electrons. The molecule has 1 aliphatic rings. The minimum Gasteiger partial charge on any atom is -0.242 e. The van der Waals surface area contributed by atoms with E-state index in [4.69, 9.17) is 23.2 Å². The number of fused-ring (bicyclic) bond motifs is 1. The average Bonchev–Trinajstić information content (AvgIpc) is 2.88. The molecule has 1 saturated carbocycles. The Balaban J connectivity index is 2.04. The predicted molar refractivity (Wildman–Crippen MR) is 89.0 cm³/mol. The van der Waals surface area contributed by atoms with Crippen LogP contribution in [0, 0.1) is 0 Å². The van der Waals surface area contributed by atoms with Gasteiger partial charge in [-0.05, 0) is 31.9 Å². The summed E-state index contributed by atoms with van der Waals surface area (Å²) in [6, 6.07) is 4.74. The van der Waals surface area contributed by atoms with Gasteiger partial charge in [-0.15, -0.1) is 0 Å². The van der Waals surface area contributed by atoms with Crippen molar-refractivity contribution in [3.05, 3.63) is 34.6 Å². The molecule has 0 aliphatic heterocycles. The number of nitrogens with zero attached hydrogens (tertiary/aromatic N) is 1. The lowest BCUT2D eigenvalue weighted by Crippen LogP contribution is -2.43. The molecule has 0 bridgehead atoms. The second kappa shape index (κ2) is 5.64. The summed E-state index contributed by atoms with van der Waals surface area (Å²) in [5, 5.41) is 1.91. The number of pyridine rings is 1. The Morgan fingerprint density at radius 1 is 1.18 bits per heavy atom. The summed E-state index contributed by atoms with van der Waals surface area (Å²) in [7, 11) is -3.60. The van der Waals surface area contributed by atoms with Gasteiger partial charge < -0.3 is 0 Å². The molecule has 0 unspecified atom stereocenters. The first kappa shape index (κ1) is 16.0. The third-order valence-corrected chi connectivity index (χ3v) is 6.40. The lowest BCUT2D eigenvalue weighted by Gasteiger charge is -2.25. The summed E-state index contributed by atoms with van der Waals surface area (Å²) < 4.78 is 28.1. The van der Waals surface area contributed by atoms with Crippen molar-refractivity contribution in [1.82, 2.24) is 9.71 Å². The van der Waals surface area contributed by atoms with Crippen molar-refractivity contribution >= 4 is 44.0 Å². The largest absolute Gasteiger partial charge is 0.242 e. The fourth-order valence-electron chi connectivity index (χ4n) is 2.96. The Morgan fingerprint density at radius 2 is 1.86 bits per heavy atom. The fraction of sp³-hybridized carbons (Fsp3) is 0.400. The fourth-order valence-corrected chi connectivity index (χ4v) is 4.87. The number of hydrogen-bond donors (Lipinski definition) is 1. The van der Waals surface area contributed by atoms with Gasteiger partial charge in [-0.1, -0.05) is 42.1 Å². The molecule has 1 heterocycles. The zero-order chi connectivity index (χ0) is 16.0. The molecule has 0 atom stereocenters. The van der Waals surface area contributed by atoms with E-state index in [1.165, 1.54) is 12.3 Å². The van der Waals surface area contributed by atoms with Gasteiger partial charge in [0.2, 0.25) is 10.0 Å². The summed E-state index contributed by atoms with van der Waals surface area (Å²) in [5.74, 6) is 0. The van der Waals surface area contributed by atoms with Crippen LogP contribution in [0.3, 0.4) is 0 Å². The second-order valence-electron chi connectivity index (χ2n) is 5.98.